The number of rotatable bonds is 27. The van der Waals surface area contributed by atoms with Crippen LogP contribution >= 0.6 is 11.3 Å². The number of ether oxygens (including phenoxy) is 4. The number of fused-ring (bicyclic) bond motifs is 1. The molecule has 0 radical (unpaired) electrons. The molecule has 1 aliphatic carbocycles. The second-order valence-corrected chi connectivity index (χ2v) is 16.1. The largest absolute Gasteiger partial charge is 0.494 e. The van der Waals surface area contributed by atoms with Gasteiger partial charge in [-0.3, -0.25) is 4.79 Å². The van der Waals surface area contributed by atoms with E-state index in [1.165, 1.54) is 11.3 Å². The average molecular weight is 856 g/mol. The molecule has 12 nitrogen and oxygen atoms in total. The third-order valence-electron chi connectivity index (χ3n) is 10.6. The molecule has 61 heavy (non-hydrogen) atoms. The summed E-state index contributed by atoms with van der Waals surface area (Å²) < 4.78 is 24.0. The highest BCUT2D eigenvalue weighted by Crippen LogP contribution is 2.34. The molecule has 1 N–H and O–H groups in total. The molecule has 4 aromatic rings. The fourth-order valence-electron chi connectivity index (χ4n) is 7.05. The monoisotopic (exact) mass is 855 g/mol. The van der Waals surface area contributed by atoms with E-state index in [0.29, 0.717) is 72.2 Å². The van der Waals surface area contributed by atoms with Crippen molar-refractivity contribution < 1.29 is 43.1 Å². The van der Waals surface area contributed by atoms with Gasteiger partial charge in [-0.1, -0.05) is 51.3 Å². The van der Waals surface area contributed by atoms with E-state index in [2.05, 4.69) is 18.9 Å². The van der Waals surface area contributed by atoms with Gasteiger partial charge in [0.25, 0.3) is 0 Å². The van der Waals surface area contributed by atoms with Crippen LogP contribution in [-0.2, 0) is 24.1 Å². The van der Waals surface area contributed by atoms with Crippen molar-refractivity contribution in [1.29, 1.82) is 0 Å². The summed E-state index contributed by atoms with van der Waals surface area (Å²) in [6, 6.07) is 19.7. The first-order valence-corrected chi connectivity index (χ1v) is 22.7. The van der Waals surface area contributed by atoms with Crippen LogP contribution in [0.5, 0.6) is 17.2 Å². The molecule has 1 fully saturated rings. The van der Waals surface area contributed by atoms with Gasteiger partial charge in [0.1, 0.15) is 28.0 Å². The lowest BCUT2D eigenvalue weighted by Gasteiger charge is -2.26. The number of hydrogen-bond acceptors (Lipinski definition) is 13. The molecule has 0 spiro atoms. The summed E-state index contributed by atoms with van der Waals surface area (Å²) in [4.78, 5) is 53.4. The third-order valence-corrected chi connectivity index (χ3v) is 11.6. The molecule has 1 heterocycles. The second kappa shape index (κ2) is 26.3. The highest BCUT2D eigenvalue weighted by Gasteiger charge is 2.28. The molecule has 328 valence electrons. The van der Waals surface area contributed by atoms with E-state index in [1.807, 2.05) is 31.2 Å². The lowest BCUT2D eigenvalue weighted by Crippen LogP contribution is -2.25. The number of hydrazone groups is 1. The van der Waals surface area contributed by atoms with E-state index in [9.17, 15) is 14.4 Å². The highest BCUT2D eigenvalue weighted by atomic mass is 32.1. The second-order valence-electron chi connectivity index (χ2n) is 15.1. The number of unbranched alkanes of at least 4 members (excludes halogenated alkanes) is 7. The molecule has 1 saturated carbocycles. The van der Waals surface area contributed by atoms with Crippen LogP contribution < -0.4 is 19.6 Å². The standard InChI is InChI=1S/C48H61N3O9S/c1-4-35-20-22-36(23-21-35)47(53)59-39-28-29-42(60-48(54)37-24-26-38(27-25-37)55-31-15-10-11-16-32-56-44(52)5-2)40(34-39)45(46-50-41-18-12-13-19-43(41)61-46)51-49-30-14-8-7-9-17-33-58-57-6-3/h5,12-13,18-19,24-29,34-36,49H,2,4,6-11,14-17,20-23,30-33H2,1,3H3. The smallest absolute Gasteiger partial charge is 0.343 e. The Labute approximate surface area is 363 Å². The van der Waals surface area contributed by atoms with Gasteiger partial charge < -0.3 is 24.4 Å². The molecule has 13 heteroatoms. The Morgan fingerprint density at radius 1 is 0.803 bits per heavy atom. The Balaban J connectivity index is 1.30. The minimum atomic E-state index is -0.564. The fourth-order valence-corrected chi connectivity index (χ4v) is 8.02. The Bertz CT molecular complexity index is 1970. The number of carbonyl (C=O) groups is 3. The molecule has 0 amide bonds. The van der Waals surface area contributed by atoms with Crippen molar-refractivity contribution in [2.24, 2.45) is 16.9 Å². The summed E-state index contributed by atoms with van der Waals surface area (Å²) >= 11 is 1.48. The van der Waals surface area contributed by atoms with E-state index in [0.717, 1.165) is 106 Å². The van der Waals surface area contributed by atoms with Crippen molar-refractivity contribution in [2.75, 3.05) is 33.0 Å². The van der Waals surface area contributed by atoms with Gasteiger partial charge in [-0.05, 0) is 132 Å². The molecule has 3 aromatic carbocycles. The van der Waals surface area contributed by atoms with Gasteiger partial charge in [0.2, 0.25) is 0 Å². The maximum Gasteiger partial charge on any atom is 0.343 e. The topological polar surface area (TPSA) is 144 Å². The molecule has 1 aromatic heterocycles. The van der Waals surface area contributed by atoms with E-state index in [-0.39, 0.29) is 17.6 Å². The molecule has 0 bridgehead atoms. The Kier molecular flexibility index (Phi) is 20.2. The van der Waals surface area contributed by atoms with E-state index < -0.39 is 11.9 Å². The number of benzene rings is 3. The van der Waals surface area contributed by atoms with Crippen LogP contribution in [0.4, 0.5) is 0 Å². The first-order valence-electron chi connectivity index (χ1n) is 21.9. The Morgan fingerprint density at radius 3 is 2.25 bits per heavy atom. The zero-order valence-corrected chi connectivity index (χ0v) is 36.5. The molecule has 5 rings (SSSR count). The van der Waals surface area contributed by atoms with Crippen molar-refractivity contribution in [3.05, 3.63) is 95.5 Å². The summed E-state index contributed by atoms with van der Waals surface area (Å²) in [7, 11) is 0. The molecular weight excluding hydrogens is 795 g/mol. The molecule has 0 aliphatic heterocycles. The fraction of sp³-hybridized carbons (Fsp3) is 0.479. The predicted molar refractivity (Wildman–Crippen MR) is 238 cm³/mol. The van der Waals surface area contributed by atoms with Crippen LogP contribution in [0.2, 0.25) is 0 Å². The van der Waals surface area contributed by atoms with Gasteiger partial charge in [-0.25, -0.2) is 24.3 Å². The van der Waals surface area contributed by atoms with Crippen LogP contribution in [0.25, 0.3) is 10.2 Å². The van der Waals surface area contributed by atoms with Crippen LogP contribution in [0.15, 0.2) is 84.5 Å². The Hall–Kier alpha value is -5.11. The van der Waals surface area contributed by atoms with Gasteiger partial charge in [0, 0.05) is 12.6 Å². The number of nitrogens with one attached hydrogen (secondary N) is 1. The summed E-state index contributed by atoms with van der Waals surface area (Å²) in [5, 5.41) is 5.50. The zero-order chi connectivity index (χ0) is 43.1. The van der Waals surface area contributed by atoms with E-state index in [4.69, 9.17) is 38.8 Å². The molecule has 0 saturated heterocycles. The van der Waals surface area contributed by atoms with Crippen molar-refractivity contribution in [3.8, 4) is 17.2 Å². The molecule has 1 aliphatic rings. The number of hydrogen-bond donors (Lipinski definition) is 1. The summed E-state index contributed by atoms with van der Waals surface area (Å²) in [6.07, 6.45) is 14.4. The Morgan fingerprint density at radius 2 is 1.51 bits per heavy atom. The van der Waals surface area contributed by atoms with Gasteiger partial charge in [0.15, 0.2) is 0 Å². The lowest BCUT2D eigenvalue weighted by molar-refractivity contribution is -0.291. The van der Waals surface area contributed by atoms with Crippen LogP contribution in [-0.4, -0.2) is 61.6 Å². The summed E-state index contributed by atoms with van der Waals surface area (Å²) in [5.74, 6) is 0.505. The number of carbonyl (C=O) groups excluding carboxylic acids is 3. The van der Waals surface area contributed by atoms with Gasteiger partial charge >= 0.3 is 17.9 Å². The molecule has 0 atom stereocenters. The SMILES string of the molecule is C=CC(=O)OCCCCCCOc1ccc(C(=O)Oc2ccc(OC(=O)C3CCC(CC)CC3)cc2C(=NNCCCCCCCOOCC)c2nc3ccccc3s2)cc1. The van der Waals surface area contributed by atoms with E-state index in [1.54, 1.807) is 42.5 Å². The van der Waals surface area contributed by atoms with Crippen molar-refractivity contribution >= 4 is 45.2 Å². The van der Waals surface area contributed by atoms with E-state index >= 15 is 0 Å². The van der Waals surface area contributed by atoms with Crippen molar-refractivity contribution in [1.82, 2.24) is 10.4 Å². The first-order chi connectivity index (χ1) is 29.9. The van der Waals surface area contributed by atoms with Gasteiger partial charge in [-0.15, -0.1) is 11.3 Å². The van der Waals surface area contributed by atoms with Crippen LogP contribution in [0.3, 0.4) is 0 Å². The lowest BCUT2D eigenvalue weighted by atomic mass is 9.81. The number of nitrogens with zero attached hydrogens (tertiary/aromatic N) is 2. The minimum absolute atomic E-state index is 0.160. The van der Waals surface area contributed by atoms with Crippen molar-refractivity contribution in [2.45, 2.75) is 104 Å². The summed E-state index contributed by atoms with van der Waals surface area (Å²) in [6.45, 7) is 10.1. The maximum atomic E-state index is 13.7. The minimum Gasteiger partial charge on any atom is -0.494 e. The van der Waals surface area contributed by atoms with Crippen LogP contribution in [0.1, 0.15) is 125 Å². The maximum absolute atomic E-state index is 13.7. The number of para-hydroxylation sites is 1. The van der Waals surface area contributed by atoms with Crippen LogP contribution in [0, 0.1) is 11.8 Å². The quantitative estimate of drug-likeness (QED) is 0.0116. The number of esters is 3. The normalized spacial score (nSPS) is 15.3. The van der Waals surface area contributed by atoms with Gasteiger partial charge in [0.05, 0.1) is 53.7 Å². The summed E-state index contributed by atoms with van der Waals surface area (Å²) in [5.41, 5.74) is 5.35. The highest BCUT2D eigenvalue weighted by molar-refractivity contribution is 7.20. The number of thiazole rings is 1. The predicted octanol–water partition coefficient (Wildman–Crippen LogP) is 10.6. The van der Waals surface area contributed by atoms with Gasteiger partial charge in [-0.2, -0.15) is 5.10 Å². The average Bonchev–Trinajstić information content (AvgIpc) is 3.72. The zero-order valence-electron chi connectivity index (χ0n) is 35.7. The third kappa shape index (κ3) is 15.7. The molecular formula is C48H61N3O9S. The van der Waals surface area contributed by atoms with Crippen molar-refractivity contribution in [3.63, 3.8) is 0 Å². The molecule has 0 unspecified atom stereocenters. The first kappa shape index (κ1) is 46.9. The number of aromatic nitrogens is 1.